The molecule has 2 amide bonds. The molecule has 118 valence electrons. The number of hydrogen-bond donors (Lipinski definition) is 2. The van der Waals surface area contributed by atoms with Gasteiger partial charge in [0.1, 0.15) is 11.4 Å². The lowest BCUT2D eigenvalue weighted by Crippen LogP contribution is -2.38. The van der Waals surface area contributed by atoms with Gasteiger partial charge < -0.3 is 10.6 Å². The van der Waals surface area contributed by atoms with Crippen LogP contribution < -0.4 is 10.6 Å². The van der Waals surface area contributed by atoms with E-state index in [2.05, 4.69) is 20.6 Å². The van der Waals surface area contributed by atoms with E-state index >= 15 is 0 Å². The summed E-state index contributed by atoms with van der Waals surface area (Å²) in [5.74, 6) is -0.374. The Kier molecular flexibility index (Phi) is 4.32. The van der Waals surface area contributed by atoms with E-state index in [1.165, 1.54) is 0 Å². The van der Waals surface area contributed by atoms with Gasteiger partial charge in [-0.2, -0.15) is 0 Å². The Morgan fingerprint density at radius 3 is 1.70 bits per heavy atom. The van der Waals surface area contributed by atoms with Gasteiger partial charge in [0.15, 0.2) is 0 Å². The van der Waals surface area contributed by atoms with E-state index < -0.39 is 0 Å². The first-order valence-electron chi connectivity index (χ1n) is 7.57. The highest BCUT2D eigenvalue weighted by atomic mass is 16.2. The third-order valence-electron chi connectivity index (χ3n) is 4.00. The molecular formula is C17H18N4O2. The molecule has 0 saturated heterocycles. The van der Waals surface area contributed by atoms with Gasteiger partial charge in [-0.3, -0.25) is 19.6 Å². The fourth-order valence-corrected chi connectivity index (χ4v) is 2.30. The Morgan fingerprint density at radius 1 is 0.870 bits per heavy atom. The van der Waals surface area contributed by atoms with Crippen molar-refractivity contribution in [2.45, 2.75) is 12.8 Å². The van der Waals surface area contributed by atoms with Gasteiger partial charge >= 0.3 is 0 Å². The van der Waals surface area contributed by atoms with E-state index in [1.54, 1.807) is 48.8 Å². The summed E-state index contributed by atoms with van der Waals surface area (Å²) in [5.41, 5.74) is 0.760. The zero-order valence-corrected chi connectivity index (χ0v) is 12.7. The normalized spacial score (nSPS) is 14.8. The molecule has 1 aliphatic rings. The van der Waals surface area contributed by atoms with Gasteiger partial charge in [0.25, 0.3) is 11.8 Å². The summed E-state index contributed by atoms with van der Waals surface area (Å²) in [6, 6.07) is 10.5. The first-order chi connectivity index (χ1) is 11.2. The lowest BCUT2D eigenvalue weighted by molar-refractivity contribution is 0.0930. The maximum absolute atomic E-state index is 12.0. The van der Waals surface area contributed by atoms with Gasteiger partial charge in [-0.15, -0.1) is 0 Å². The topological polar surface area (TPSA) is 84.0 Å². The summed E-state index contributed by atoms with van der Waals surface area (Å²) in [6.45, 7) is 1.07. The largest absolute Gasteiger partial charge is 0.350 e. The fraction of sp³-hybridized carbons (Fsp3) is 0.294. The number of amides is 2. The van der Waals surface area contributed by atoms with Gasteiger partial charge in [0.2, 0.25) is 0 Å². The van der Waals surface area contributed by atoms with Gasteiger partial charge in [0, 0.05) is 30.9 Å². The molecule has 2 heterocycles. The van der Waals surface area contributed by atoms with Gasteiger partial charge in [0.05, 0.1) is 0 Å². The van der Waals surface area contributed by atoms with E-state index in [9.17, 15) is 9.59 Å². The number of nitrogens with one attached hydrogen (secondary N) is 2. The third kappa shape index (κ3) is 3.91. The lowest BCUT2D eigenvalue weighted by atomic mass is 10.1. The maximum atomic E-state index is 12.0. The summed E-state index contributed by atoms with van der Waals surface area (Å²) in [6.07, 6.45) is 5.15. The number of carbonyl (C=O) groups is 2. The number of pyridine rings is 2. The molecule has 0 atom stereocenters. The van der Waals surface area contributed by atoms with E-state index in [0.29, 0.717) is 24.5 Å². The number of aromatic nitrogens is 2. The van der Waals surface area contributed by atoms with Crippen LogP contribution in [0.5, 0.6) is 0 Å². The minimum absolute atomic E-state index is 0.0467. The molecule has 6 nitrogen and oxygen atoms in total. The van der Waals surface area contributed by atoms with Crippen LogP contribution in [0.25, 0.3) is 0 Å². The fourth-order valence-electron chi connectivity index (χ4n) is 2.30. The summed E-state index contributed by atoms with van der Waals surface area (Å²) in [4.78, 5) is 32.1. The predicted molar refractivity (Wildman–Crippen MR) is 84.8 cm³/mol. The minimum atomic E-state index is -0.187. The van der Waals surface area contributed by atoms with Crippen LogP contribution in [0.3, 0.4) is 0 Å². The smallest absolute Gasteiger partial charge is 0.269 e. The minimum Gasteiger partial charge on any atom is -0.350 e. The molecule has 0 radical (unpaired) electrons. The maximum Gasteiger partial charge on any atom is 0.269 e. The summed E-state index contributed by atoms with van der Waals surface area (Å²) in [7, 11) is 0. The zero-order valence-electron chi connectivity index (χ0n) is 12.7. The quantitative estimate of drug-likeness (QED) is 0.845. The third-order valence-corrected chi connectivity index (χ3v) is 4.00. The highest BCUT2D eigenvalue weighted by molar-refractivity contribution is 5.92. The van der Waals surface area contributed by atoms with Gasteiger partial charge in [-0.05, 0) is 37.1 Å². The molecule has 0 unspecified atom stereocenters. The van der Waals surface area contributed by atoms with Crippen molar-refractivity contribution in [2.24, 2.45) is 5.41 Å². The summed E-state index contributed by atoms with van der Waals surface area (Å²) >= 11 is 0. The molecule has 0 bridgehead atoms. The summed E-state index contributed by atoms with van der Waals surface area (Å²) < 4.78 is 0. The van der Waals surface area contributed by atoms with Crippen LogP contribution in [0.1, 0.15) is 33.8 Å². The number of nitrogens with zero attached hydrogens (tertiary/aromatic N) is 2. The van der Waals surface area contributed by atoms with Crippen LogP contribution in [0.15, 0.2) is 48.8 Å². The molecule has 0 spiro atoms. The Morgan fingerprint density at radius 2 is 1.35 bits per heavy atom. The number of carbonyl (C=O) groups excluding carboxylic acids is 2. The number of rotatable bonds is 6. The van der Waals surface area contributed by atoms with E-state index in [4.69, 9.17) is 0 Å². The Hall–Kier alpha value is -2.76. The van der Waals surface area contributed by atoms with Crippen LogP contribution >= 0.6 is 0 Å². The Balaban J connectivity index is 1.49. The zero-order chi connectivity index (χ0) is 16.1. The molecule has 6 heteroatoms. The van der Waals surface area contributed by atoms with Crippen LogP contribution in [-0.4, -0.2) is 34.9 Å². The molecule has 1 saturated carbocycles. The average Bonchev–Trinajstić information content (AvgIpc) is 3.39. The second-order valence-corrected chi connectivity index (χ2v) is 5.80. The van der Waals surface area contributed by atoms with Crippen molar-refractivity contribution in [3.63, 3.8) is 0 Å². The standard InChI is InChI=1S/C17H18N4O2/c22-15(13-5-1-3-9-18-13)20-11-17(7-8-17)12-21-16(23)14-6-2-4-10-19-14/h1-6,9-10H,7-8,11-12H2,(H,20,22)(H,21,23). The molecular weight excluding hydrogens is 292 g/mol. The molecule has 0 aromatic carbocycles. The lowest BCUT2D eigenvalue weighted by Gasteiger charge is -2.16. The van der Waals surface area contributed by atoms with Crippen molar-refractivity contribution in [3.05, 3.63) is 60.2 Å². The highest BCUT2D eigenvalue weighted by Crippen LogP contribution is 2.44. The van der Waals surface area contributed by atoms with Gasteiger partial charge in [-0.25, -0.2) is 0 Å². The molecule has 2 N–H and O–H groups in total. The Bertz CT molecular complexity index is 627. The van der Waals surface area contributed by atoms with E-state index in [0.717, 1.165) is 12.8 Å². The summed E-state index contributed by atoms with van der Waals surface area (Å²) in [5, 5.41) is 5.79. The first kappa shape index (κ1) is 15.1. The highest BCUT2D eigenvalue weighted by Gasteiger charge is 2.43. The average molecular weight is 310 g/mol. The van der Waals surface area contributed by atoms with Crippen molar-refractivity contribution in [3.8, 4) is 0 Å². The number of hydrogen-bond acceptors (Lipinski definition) is 4. The van der Waals surface area contributed by atoms with Gasteiger partial charge in [-0.1, -0.05) is 12.1 Å². The monoisotopic (exact) mass is 310 g/mol. The van der Waals surface area contributed by atoms with E-state index in [1.807, 2.05) is 0 Å². The van der Waals surface area contributed by atoms with Crippen molar-refractivity contribution in [1.29, 1.82) is 0 Å². The first-order valence-corrected chi connectivity index (χ1v) is 7.57. The second-order valence-electron chi connectivity index (χ2n) is 5.80. The molecule has 1 fully saturated rings. The van der Waals surface area contributed by atoms with Crippen LogP contribution in [0.4, 0.5) is 0 Å². The molecule has 0 aliphatic heterocycles. The second kappa shape index (κ2) is 6.56. The SMILES string of the molecule is O=C(NCC1(CNC(=O)c2ccccn2)CC1)c1ccccn1. The van der Waals surface area contributed by atoms with Crippen molar-refractivity contribution >= 4 is 11.8 Å². The molecule has 23 heavy (non-hydrogen) atoms. The van der Waals surface area contributed by atoms with Crippen molar-refractivity contribution < 1.29 is 9.59 Å². The molecule has 2 aromatic rings. The van der Waals surface area contributed by atoms with Crippen LogP contribution in [0.2, 0.25) is 0 Å². The predicted octanol–water partition coefficient (Wildman–Crippen LogP) is 1.42. The van der Waals surface area contributed by atoms with Crippen LogP contribution in [-0.2, 0) is 0 Å². The molecule has 1 aliphatic carbocycles. The molecule has 3 rings (SSSR count). The van der Waals surface area contributed by atoms with E-state index in [-0.39, 0.29) is 17.2 Å². The Labute approximate surface area is 134 Å². The van der Waals surface area contributed by atoms with Crippen LogP contribution in [0, 0.1) is 5.41 Å². The molecule has 2 aromatic heterocycles. The van der Waals surface area contributed by atoms with Crippen molar-refractivity contribution in [2.75, 3.05) is 13.1 Å². The van der Waals surface area contributed by atoms with Crippen molar-refractivity contribution in [1.82, 2.24) is 20.6 Å².